The summed E-state index contributed by atoms with van der Waals surface area (Å²) in [5.74, 6) is 0.619. The molecule has 0 spiro atoms. The van der Waals surface area contributed by atoms with Crippen molar-refractivity contribution in [3.05, 3.63) is 64.6 Å². The Morgan fingerprint density at radius 2 is 1.79 bits per heavy atom. The Labute approximate surface area is 146 Å². The predicted octanol–water partition coefficient (Wildman–Crippen LogP) is 4.78. The minimum atomic E-state index is 0.0925. The molecule has 0 atom stereocenters. The predicted molar refractivity (Wildman–Crippen MR) is 98.9 cm³/mol. The summed E-state index contributed by atoms with van der Waals surface area (Å²) in [6, 6.07) is 17.6. The average Bonchev–Trinajstić information content (AvgIpc) is 3.13. The third kappa shape index (κ3) is 2.51. The fourth-order valence-corrected chi connectivity index (χ4v) is 3.11. The molecule has 0 saturated carbocycles. The number of nitrogens with one attached hydrogen (secondary N) is 2. The quantitative estimate of drug-likeness (QED) is 0.447. The fraction of sp³-hybridized carbons (Fsp3) is 0. The molecule has 118 valence electrons. The number of hydrogen-bond donors (Lipinski definition) is 3. The van der Waals surface area contributed by atoms with Crippen molar-refractivity contribution in [2.75, 3.05) is 0 Å². The molecule has 0 aliphatic rings. The number of aromatic hydroxyl groups is 1. The van der Waals surface area contributed by atoms with Gasteiger partial charge in [0.2, 0.25) is 0 Å². The number of aromatic amines is 2. The number of fused-ring (bicyclic) bond motifs is 1. The number of benzene rings is 2. The standard InChI is InChI=1S/C18H13BrN4O/c19-15-16(11-6-2-1-3-7-11)22-23-17(15)20-10-13-12-8-4-5-9-14(12)21-18(13)24/h1-10,21,24H,(H,22,23). The van der Waals surface area contributed by atoms with Crippen LogP contribution in [0, 0.1) is 0 Å². The molecule has 2 aromatic heterocycles. The van der Waals surface area contributed by atoms with E-state index < -0.39 is 0 Å². The van der Waals surface area contributed by atoms with E-state index in [4.69, 9.17) is 0 Å². The van der Waals surface area contributed by atoms with Gasteiger partial charge in [-0.3, -0.25) is 5.10 Å². The third-order valence-electron chi connectivity index (χ3n) is 3.79. The Morgan fingerprint density at radius 3 is 2.62 bits per heavy atom. The van der Waals surface area contributed by atoms with Crippen molar-refractivity contribution >= 4 is 38.9 Å². The lowest BCUT2D eigenvalue weighted by molar-refractivity contribution is 0.457. The lowest BCUT2D eigenvalue weighted by Gasteiger charge is -1.97. The van der Waals surface area contributed by atoms with E-state index in [2.05, 4.69) is 36.1 Å². The van der Waals surface area contributed by atoms with Crippen LogP contribution in [-0.2, 0) is 0 Å². The second-order valence-corrected chi connectivity index (χ2v) is 6.09. The number of aliphatic imine (C=N–C) groups is 1. The number of halogens is 1. The molecule has 4 rings (SSSR count). The van der Waals surface area contributed by atoms with Crippen LogP contribution >= 0.6 is 15.9 Å². The largest absolute Gasteiger partial charge is 0.494 e. The van der Waals surface area contributed by atoms with Gasteiger partial charge < -0.3 is 10.1 Å². The fourth-order valence-electron chi connectivity index (χ4n) is 2.61. The van der Waals surface area contributed by atoms with Gasteiger partial charge in [-0.15, -0.1) is 0 Å². The SMILES string of the molecule is Oc1[nH]c2ccccc2c1C=Nc1n[nH]c(-c2ccccc2)c1Br. The molecule has 2 heterocycles. The maximum absolute atomic E-state index is 10.1. The Bertz CT molecular complexity index is 1030. The molecule has 0 saturated heterocycles. The van der Waals surface area contributed by atoms with Crippen LogP contribution in [0.3, 0.4) is 0 Å². The smallest absolute Gasteiger partial charge is 0.198 e. The number of H-pyrrole nitrogens is 2. The minimum Gasteiger partial charge on any atom is -0.494 e. The second-order valence-electron chi connectivity index (χ2n) is 5.29. The van der Waals surface area contributed by atoms with Gasteiger partial charge in [-0.25, -0.2) is 4.99 Å². The third-order valence-corrected chi connectivity index (χ3v) is 4.54. The number of hydrogen-bond acceptors (Lipinski definition) is 3. The lowest BCUT2D eigenvalue weighted by Crippen LogP contribution is -1.79. The van der Waals surface area contributed by atoms with E-state index in [1.54, 1.807) is 6.21 Å². The van der Waals surface area contributed by atoms with Crippen molar-refractivity contribution in [2.24, 2.45) is 4.99 Å². The van der Waals surface area contributed by atoms with Crippen molar-refractivity contribution < 1.29 is 5.11 Å². The minimum absolute atomic E-state index is 0.0925. The zero-order valence-corrected chi connectivity index (χ0v) is 14.1. The van der Waals surface area contributed by atoms with Crippen molar-refractivity contribution in [3.8, 4) is 17.1 Å². The molecular formula is C18H13BrN4O. The highest BCUT2D eigenvalue weighted by Gasteiger charge is 2.12. The zero-order chi connectivity index (χ0) is 16.5. The van der Waals surface area contributed by atoms with Gasteiger partial charge in [0.15, 0.2) is 11.7 Å². The van der Waals surface area contributed by atoms with E-state index >= 15 is 0 Å². The zero-order valence-electron chi connectivity index (χ0n) is 12.5. The monoisotopic (exact) mass is 380 g/mol. The molecule has 0 aliphatic carbocycles. The number of rotatable bonds is 3. The van der Waals surface area contributed by atoms with Gasteiger partial charge in [-0.05, 0) is 22.0 Å². The number of para-hydroxylation sites is 1. The molecule has 5 nitrogen and oxygen atoms in total. The summed E-state index contributed by atoms with van der Waals surface area (Å²) in [6.07, 6.45) is 1.61. The van der Waals surface area contributed by atoms with E-state index in [9.17, 15) is 5.11 Å². The maximum Gasteiger partial charge on any atom is 0.198 e. The molecule has 0 fully saturated rings. The summed E-state index contributed by atoms with van der Waals surface area (Å²) in [7, 11) is 0. The molecule has 3 N–H and O–H groups in total. The molecule has 0 amide bonds. The Morgan fingerprint density at radius 1 is 1.04 bits per heavy atom. The Hall–Kier alpha value is -2.86. The molecule has 0 radical (unpaired) electrons. The molecule has 0 unspecified atom stereocenters. The van der Waals surface area contributed by atoms with E-state index in [1.807, 2.05) is 54.6 Å². The summed E-state index contributed by atoms with van der Waals surface area (Å²) < 4.78 is 0.782. The molecule has 0 bridgehead atoms. The molecule has 24 heavy (non-hydrogen) atoms. The first-order valence-corrected chi connectivity index (χ1v) is 8.16. The first-order valence-electron chi connectivity index (χ1n) is 7.37. The second kappa shape index (κ2) is 5.98. The summed E-state index contributed by atoms with van der Waals surface area (Å²) in [5.41, 5.74) is 3.39. The van der Waals surface area contributed by atoms with Crippen molar-refractivity contribution in [2.45, 2.75) is 0 Å². The van der Waals surface area contributed by atoms with Crippen LogP contribution in [-0.4, -0.2) is 26.5 Å². The number of aromatic nitrogens is 3. The summed E-state index contributed by atoms with van der Waals surface area (Å²) in [5, 5.41) is 18.2. The van der Waals surface area contributed by atoms with Crippen LogP contribution < -0.4 is 0 Å². The first kappa shape index (κ1) is 14.7. The molecular weight excluding hydrogens is 368 g/mol. The Balaban J connectivity index is 1.72. The van der Waals surface area contributed by atoms with Gasteiger partial charge in [0.25, 0.3) is 0 Å². The van der Waals surface area contributed by atoms with Crippen LogP contribution in [0.1, 0.15) is 5.56 Å². The highest BCUT2D eigenvalue weighted by Crippen LogP contribution is 2.34. The summed E-state index contributed by atoms with van der Waals surface area (Å²) >= 11 is 3.54. The number of nitrogens with zero attached hydrogens (tertiary/aromatic N) is 2. The lowest BCUT2D eigenvalue weighted by atomic mass is 10.1. The van der Waals surface area contributed by atoms with Crippen LogP contribution in [0.5, 0.6) is 5.88 Å². The van der Waals surface area contributed by atoms with Crippen molar-refractivity contribution in [1.82, 2.24) is 15.2 Å². The van der Waals surface area contributed by atoms with Gasteiger partial charge >= 0.3 is 0 Å². The normalized spacial score (nSPS) is 11.5. The van der Waals surface area contributed by atoms with Crippen LogP contribution in [0.25, 0.3) is 22.2 Å². The Kier molecular flexibility index (Phi) is 3.66. The maximum atomic E-state index is 10.1. The first-order chi connectivity index (χ1) is 11.7. The van der Waals surface area contributed by atoms with E-state index in [1.165, 1.54) is 0 Å². The van der Waals surface area contributed by atoms with Gasteiger partial charge in [0, 0.05) is 22.7 Å². The molecule has 4 aromatic rings. The van der Waals surface area contributed by atoms with Crippen LogP contribution in [0.4, 0.5) is 5.82 Å². The summed E-state index contributed by atoms with van der Waals surface area (Å²) in [4.78, 5) is 7.34. The van der Waals surface area contributed by atoms with E-state index in [0.717, 1.165) is 26.6 Å². The van der Waals surface area contributed by atoms with Gasteiger partial charge in [0.05, 0.1) is 15.7 Å². The topological polar surface area (TPSA) is 77.1 Å². The highest BCUT2D eigenvalue weighted by molar-refractivity contribution is 9.10. The van der Waals surface area contributed by atoms with Gasteiger partial charge in [-0.1, -0.05) is 48.5 Å². The molecule has 6 heteroatoms. The summed E-state index contributed by atoms with van der Waals surface area (Å²) in [6.45, 7) is 0. The van der Waals surface area contributed by atoms with Crippen molar-refractivity contribution in [3.63, 3.8) is 0 Å². The van der Waals surface area contributed by atoms with E-state index in [0.29, 0.717) is 11.4 Å². The van der Waals surface area contributed by atoms with Crippen LogP contribution in [0.15, 0.2) is 64.1 Å². The molecule has 0 aliphatic heterocycles. The van der Waals surface area contributed by atoms with E-state index in [-0.39, 0.29) is 5.88 Å². The van der Waals surface area contributed by atoms with Crippen LogP contribution in [0.2, 0.25) is 0 Å². The van der Waals surface area contributed by atoms with Gasteiger partial charge in [-0.2, -0.15) is 5.10 Å². The highest BCUT2D eigenvalue weighted by atomic mass is 79.9. The molecule has 2 aromatic carbocycles. The van der Waals surface area contributed by atoms with Gasteiger partial charge in [0.1, 0.15) is 0 Å². The van der Waals surface area contributed by atoms with Crippen molar-refractivity contribution in [1.29, 1.82) is 0 Å². The average molecular weight is 381 g/mol.